The van der Waals surface area contributed by atoms with Gasteiger partial charge in [0.1, 0.15) is 0 Å². The third-order valence-electron chi connectivity index (χ3n) is 5.18. The van der Waals surface area contributed by atoms with Gasteiger partial charge in [0.2, 0.25) is 0 Å². The van der Waals surface area contributed by atoms with Gasteiger partial charge >= 0.3 is 0 Å². The average molecular weight is 376 g/mol. The van der Waals surface area contributed by atoms with Crippen LogP contribution in [-0.2, 0) is 0 Å². The highest BCUT2D eigenvalue weighted by Crippen LogP contribution is 2.29. The third kappa shape index (κ3) is 11.9. The second kappa shape index (κ2) is 13.8. The Hall–Kier alpha value is 0.440. The molecule has 0 aliphatic carbocycles. The number of hydrogen-bond acceptors (Lipinski definition) is 1. The van der Waals surface area contributed by atoms with Gasteiger partial charge in [-0.05, 0) is 20.3 Å². The van der Waals surface area contributed by atoms with E-state index in [0.717, 1.165) is 6.04 Å². The molecule has 1 heterocycles. The molecule has 1 atom stereocenters. The maximum atomic E-state index is 3.55. The van der Waals surface area contributed by atoms with Crippen LogP contribution >= 0.6 is 17.0 Å². The van der Waals surface area contributed by atoms with E-state index in [1.54, 1.807) is 0 Å². The second-order valence-corrected chi connectivity index (χ2v) is 7.80. The molecule has 0 amide bonds. The van der Waals surface area contributed by atoms with E-state index in [9.17, 15) is 0 Å². The first kappa shape index (κ1) is 22.4. The number of unbranched alkanes of at least 4 members (excludes halogenated alkanes) is 13. The maximum absolute atomic E-state index is 3.55. The van der Waals surface area contributed by atoms with Crippen LogP contribution in [0, 0.1) is 0 Å². The average Bonchev–Trinajstić information content (AvgIpc) is 3.06. The highest BCUT2D eigenvalue weighted by atomic mass is 79.9. The molecule has 0 saturated carbocycles. The van der Waals surface area contributed by atoms with E-state index in [1.165, 1.54) is 96.3 Å². The van der Waals surface area contributed by atoms with Crippen LogP contribution in [0.1, 0.15) is 117 Å². The van der Waals surface area contributed by atoms with E-state index < -0.39 is 0 Å². The molecule has 1 aliphatic rings. The monoisotopic (exact) mass is 375 g/mol. The van der Waals surface area contributed by atoms with Crippen LogP contribution in [0.5, 0.6) is 0 Å². The van der Waals surface area contributed by atoms with Gasteiger partial charge < -0.3 is 5.32 Å². The summed E-state index contributed by atoms with van der Waals surface area (Å²) in [6.07, 6.45) is 21.8. The molecule has 1 unspecified atom stereocenters. The Labute approximate surface area is 151 Å². The summed E-state index contributed by atoms with van der Waals surface area (Å²) in [4.78, 5) is 0. The molecule has 22 heavy (non-hydrogen) atoms. The fourth-order valence-electron chi connectivity index (χ4n) is 3.38. The van der Waals surface area contributed by atoms with Gasteiger partial charge in [0.25, 0.3) is 0 Å². The van der Waals surface area contributed by atoms with E-state index in [-0.39, 0.29) is 17.0 Å². The largest absolute Gasteiger partial charge is 0.306 e. The first-order chi connectivity index (χ1) is 10.2. The summed E-state index contributed by atoms with van der Waals surface area (Å²) in [5, 5.41) is 3.55. The van der Waals surface area contributed by atoms with Crippen LogP contribution < -0.4 is 5.32 Å². The van der Waals surface area contributed by atoms with Crippen molar-refractivity contribution in [1.82, 2.24) is 5.32 Å². The predicted octanol–water partition coefficient (Wildman–Crippen LogP) is 7.19. The summed E-state index contributed by atoms with van der Waals surface area (Å²) in [5.41, 5.74) is 0.455. The summed E-state index contributed by atoms with van der Waals surface area (Å²) in [6.45, 7) is 6.94. The van der Waals surface area contributed by atoms with Crippen molar-refractivity contribution < 1.29 is 0 Å². The van der Waals surface area contributed by atoms with Crippen molar-refractivity contribution in [3.8, 4) is 0 Å². The minimum absolute atomic E-state index is 0. The molecule has 0 aromatic rings. The lowest BCUT2D eigenvalue weighted by molar-refractivity contribution is 0.529. The molecule has 0 bridgehead atoms. The van der Waals surface area contributed by atoms with Crippen molar-refractivity contribution in [2.75, 3.05) is 0 Å². The molecule has 1 fully saturated rings. The van der Waals surface area contributed by atoms with Crippen molar-refractivity contribution in [3.05, 3.63) is 0 Å². The lowest BCUT2D eigenvalue weighted by Crippen LogP contribution is -2.03. The summed E-state index contributed by atoms with van der Waals surface area (Å²) in [6, 6.07) is 0.815. The molecule has 0 spiro atoms. The van der Waals surface area contributed by atoms with E-state index in [2.05, 4.69) is 26.1 Å². The Kier molecular flexibility index (Phi) is 14.1. The molecule has 134 valence electrons. The molecule has 1 nitrogen and oxygen atoms in total. The van der Waals surface area contributed by atoms with Crippen LogP contribution in [-0.4, -0.2) is 11.6 Å². The highest BCUT2D eigenvalue weighted by Gasteiger charge is 2.43. The van der Waals surface area contributed by atoms with Gasteiger partial charge in [0.15, 0.2) is 0 Å². The molecule has 1 N–H and O–H groups in total. The lowest BCUT2D eigenvalue weighted by Gasteiger charge is -2.03. The summed E-state index contributed by atoms with van der Waals surface area (Å²) >= 11 is 0. The molecular formula is C20H42BrN. The molecule has 1 saturated heterocycles. The molecule has 2 heteroatoms. The topological polar surface area (TPSA) is 21.9 Å². The molecule has 1 aliphatic heterocycles. The molecule has 0 radical (unpaired) electrons. The van der Waals surface area contributed by atoms with Crippen molar-refractivity contribution >= 4 is 17.0 Å². The van der Waals surface area contributed by atoms with Gasteiger partial charge in [0.05, 0.1) is 0 Å². The second-order valence-electron chi connectivity index (χ2n) is 7.80. The fourth-order valence-corrected chi connectivity index (χ4v) is 3.38. The quantitative estimate of drug-likeness (QED) is 0.237. The lowest BCUT2D eigenvalue weighted by atomic mass is 10.0. The molecule has 1 rings (SSSR count). The van der Waals surface area contributed by atoms with E-state index >= 15 is 0 Å². The van der Waals surface area contributed by atoms with Crippen LogP contribution in [0.3, 0.4) is 0 Å². The number of nitrogens with one attached hydrogen (secondary N) is 1. The molecular weight excluding hydrogens is 334 g/mol. The van der Waals surface area contributed by atoms with Crippen LogP contribution in [0.25, 0.3) is 0 Å². The summed E-state index contributed by atoms with van der Waals surface area (Å²) < 4.78 is 0. The van der Waals surface area contributed by atoms with Crippen molar-refractivity contribution in [1.29, 1.82) is 0 Å². The fraction of sp³-hybridized carbons (Fsp3) is 1.00. The highest BCUT2D eigenvalue weighted by molar-refractivity contribution is 8.93. The number of hydrogen-bond donors (Lipinski definition) is 1. The van der Waals surface area contributed by atoms with Gasteiger partial charge in [-0.2, -0.15) is 0 Å². The van der Waals surface area contributed by atoms with E-state index in [0.29, 0.717) is 5.54 Å². The van der Waals surface area contributed by atoms with Crippen molar-refractivity contribution in [2.24, 2.45) is 0 Å². The zero-order valence-electron chi connectivity index (χ0n) is 15.6. The van der Waals surface area contributed by atoms with Crippen molar-refractivity contribution in [2.45, 2.75) is 129 Å². The predicted molar refractivity (Wildman–Crippen MR) is 106 cm³/mol. The van der Waals surface area contributed by atoms with Crippen LogP contribution in [0.4, 0.5) is 0 Å². The number of halogens is 1. The minimum atomic E-state index is 0. The minimum Gasteiger partial charge on any atom is -0.306 e. The Morgan fingerprint density at radius 2 is 0.955 bits per heavy atom. The Balaban J connectivity index is 0.00000441. The smallest absolute Gasteiger partial charge is 0.0281 e. The third-order valence-corrected chi connectivity index (χ3v) is 5.18. The standard InChI is InChI=1S/C20H41N.BrH/c1-4-5-6-7-8-9-10-11-12-13-14-15-16-17-18-19-20(2,3)21-19;/h19,21H,4-18H2,1-3H3;1H. The first-order valence-electron chi connectivity index (χ1n) is 9.94. The SMILES string of the molecule is Br.CCCCCCCCCCCCCCCCC1NC1(C)C. The Morgan fingerprint density at radius 1 is 0.636 bits per heavy atom. The maximum Gasteiger partial charge on any atom is 0.0281 e. The van der Waals surface area contributed by atoms with Gasteiger partial charge in [0, 0.05) is 11.6 Å². The van der Waals surface area contributed by atoms with Gasteiger partial charge in [-0.3, -0.25) is 0 Å². The molecule has 0 aromatic heterocycles. The first-order valence-corrected chi connectivity index (χ1v) is 9.94. The normalized spacial score (nSPS) is 19.0. The Morgan fingerprint density at radius 3 is 1.27 bits per heavy atom. The van der Waals surface area contributed by atoms with Gasteiger partial charge in [-0.25, -0.2) is 0 Å². The van der Waals surface area contributed by atoms with Gasteiger partial charge in [-0.15, -0.1) is 17.0 Å². The Bertz CT molecular complexity index is 240. The van der Waals surface area contributed by atoms with E-state index in [1.807, 2.05) is 0 Å². The van der Waals surface area contributed by atoms with Crippen molar-refractivity contribution in [3.63, 3.8) is 0 Å². The van der Waals surface area contributed by atoms with Crippen LogP contribution in [0.2, 0.25) is 0 Å². The zero-order valence-corrected chi connectivity index (χ0v) is 17.3. The van der Waals surface area contributed by atoms with E-state index in [4.69, 9.17) is 0 Å². The van der Waals surface area contributed by atoms with Crippen LogP contribution in [0.15, 0.2) is 0 Å². The zero-order chi connectivity index (χ0) is 15.4. The number of rotatable bonds is 15. The summed E-state index contributed by atoms with van der Waals surface area (Å²) in [5.74, 6) is 0. The summed E-state index contributed by atoms with van der Waals surface area (Å²) in [7, 11) is 0. The molecule has 0 aromatic carbocycles. The van der Waals surface area contributed by atoms with Gasteiger partial charge in [-0.1, -0.05) is 96.8 Å².